The zero-order chi connectivity index (χ0) is 22.5. The first-order valence-corrected chi connectivity index (χ1v) is 10.2. The summed E-state index contributed by atoms with van der Waals surface area (Å²) < 4.78 is 22.1. The molecule has 0 saturated carbocycles. The number of rotatable bonds is 5. The zero-order valence-electron chi connectivity index (χ0n) is 18.7. The monoisotopic (exact) mass is 427 g/mol. The third-order valence-electron chi connectivity index (χ3n) is 5.66. The number of hydrogen-bond acceptors (Lipinski definition) is 6. The Kier molecular flexibility index (Phi) is 7.05. The van der Waals surface area contributed by atoms with Crippen LogP contribution in [0.1, 0.15) is 30.9 Å². The van der Waals surface area contributed by atoms with Crippen molar-refractivity contribution in [1.82, 2.24) is 5.32 Å². The molecule has 1 aromatic rings. The molecule has 2 aliphatic carbocycles. The molecular formula is C24H29NO6. The summed E-state index contributed by atoms with van der Waals surface area (Å²) in [5.41, 5.74) is 3.99. The van der Waals surface area contributed by atoms with Gasteiger partial charge in [0, 0.05) is 25.3 Å². The van der Waals surface area contributed by atoms with Gasteiger partial charge in [-0.05, 0) is 41.7 Å². The molecule has 0 aliphatic heterocycles. The molecule has 0 heterocycles. The van der Waals surface area contributed by atoms with Gasteiger partial charge in [-0.15, -0.1) is 0 Å². The van der Waals surface area contributed by atoms with Gasteiger partial charge in [0.1, 0.15) is 0 Å². The van der Waals surface area contributed by atoms with Crippen LogP contribution in [0.4, 0.5) is 0 Å². The number of methoxy groups -OCH3 is 4. The molecule has 0 bridgehead atoms. The molecule has 1 amide bonds. The van der Waals surface area contributed by atoms with Crippen molar-refractivity contribution in [3.63, 3.8) is 0 Å². The van der Waals surface area contributed by atoms with Crippen molar-refractivity contribution >= 4 is 11.7 Å². The van der Waals surface area contributed by atoms with Crippen LogP contribution in [-0.2, 0) is 27.2 Å². The highest BCUT2D eigenvalue weighted by Crippen LogP contribution is 2.45. The lowest BCUT2D eigenvalue weighted by atomic mass is 9.82. The normalized spacial score (nSPS) is 23.5. The van der Waals surface area contributed by atoms with Crippen LogP contribution in [0.3, 0.4) is 0 Å². The van der Waals surface area contributed by atoms with Crippen molar-refractivity contribution in [3.05, 3.63) is 52.3 Å². The average Bonchev–Trinajstić information content (AvgIpc) is 2.74. The van der Waals surface area contributed by atoms with Crippen LogP contribution in [0.25, 0.3) is 0 Å². The van der Waals surface area contributed by atoms with E-state index < -0.39 is 0 Å². The minimum Gasteiger partial charge on any atom is -0.493 e. The maximum Gasteiger partial charge on any atom is 0.217 e. The number of Topliss-reactive ketones (excluding diaryl/α,β-unsaturated/α-hetero) is 1. The van der Waals surface area contributed by atoms with E-state index in [0.29, 0.717) is 42.3 Å². The number of amides is 1. The summed E-state index contributed by atoms with van der Waals surface area (Å²) in [5, 5.41) is 3.05. The highest BCUT2D eigenvalue weighted by molar-refractivity contribution is 5.95. The lowest BCUT2D eigenvalue weighted by molar-refractivity contribution is -0.119. The van der Waals surface area contributed by atoms with Crippen molar-refractivity contribution in [1.29, 1.82) is 0 Å². The van der Waals surface area contributed by atoms with E-state index in [9.17, 15) is 9.59 Å². The molecule has 0 radical (unpaired) electrons. The zero-order valence-corrected chi connectivity index (χ0v) is 18.7. The van der Waals surface area contributed by atoms with E-state index in [0.717, 1.165) is 22.3 Å². The Hall–Kier alpha value is -3.22. The molecule has 7 heteroatoms. The number of benzene rings is 1. The molecule has 3 rings (SSSR count). The molecule has 1 N–H and O–H groups in total. The average molecular weight is 427 g/mol. The third kappa shape index (κ3) is 4.60. The number of nitrogens with one attached hydrogen (secondary N) is 1. The molecule has 1 aromatic carbocycles. The van der Waals surface area contributed by atoms with Crippen molar-refractivity contribution in [3.8, 4) is 17.2 Å². The van der Waals surface area contributed by atoms with Gasteiger partial charge in [0.2, 0.25) is 17.4 Å². The summed E-state index contributed by atoms with van der Waals surface area (Å²) in [6.45, 7) is 1.50. The van der Waals surface area contributed by atoms with Gasteiger partial charge in [0.15, 0.2) is 17.3 Å². The van der Waals surface area contributed by atoms with Gasteiger partial charge in [0.25, 0.3) is 0 Å². The predicted molar refractivity (Wildman–Crippen MR) is 117 cm³/mol. The highest BCUT2D eigenvalue weighted by Gasteiger charge is 2.28. The van der Waals surface area contributed by atoms with Gasteiger partial charge >= 0.3 is 0 Å². The standard InChI is InChI=1S/C24H29NO6/c1-14(26)25-19-9-6-16-13-22(29-3)24(31-5)23(30-4)18(16)12-15-7-11-21(28-2)20(27)10-8-17(15)19/h7-8,11,13,19H,6,9-10,12H2,1-5H3,(H,25,26)/b15-7-,17-8+,21-11+. The predicted octanol–water partition coefficient (Wildman–Crippen LogP) is 3.06. The second-order valence-electron chi connectivity index (χ2n) is 7.47. The number of carbonyl (C=O) groups is 2. The summed E-state index contributed by atoms with van der Waals surface area (Å²) in [7, 11) is 6.28. The first-order chi connectivity index (χ1) is 14.9. The van der Waals surface area contributed by atoms with Crippen molar-refractivity contribution in [2.75, 3.05) is 28.4 Å². The molecule has 31 heavy (non-hydrogen) atoms. The Morgan fingerprint density at radius 1 is 1.03 bits per heavy atom. The summed E-state index contributed by atoms with van der Waals surface area (Å²) in [6, 6.07) is 1.76. The number of ether oxygens (including phenoxy) is 4. The fourth-order valence-corrected chi connectivity index (χ4v) is 4.23. The van der Waals surface area contributed by atoms with Gasteiger partial charge in [-0.3, -0.25) is 9.59 Å². The maximum atomic E-state index is 12.4. The molecular weight excluding hydrogens is 398 g/mol. The Labute approximate surface area is 182 Å². The number of fused-ring (bicyclic) bond motifs is 2. The van der Waals surface area contributed by atoms with Crippen LogP contribution >= 0.6 is 0 Å². The smallest absolute Gasteiger partial charge is 0.217 e. The molecule has 0 spiro atoms. The van der Waals surface area contributed by atoms with Gasteiger partial charge in [-0.25, -0.2) is 0 Å². The van der Waals surface area contributed by atoms with Crippen LogP contribution in [-0.4, -0.2) is 46.2 Å². The Balaban J connectivity index is 2.21. The Morgan fingerprint density at radius 3 is 2.39 bits per heavy atom. The highest BCUT2D eigenvalue weighted by atomic mass is 16.5. The van der Waals surface area contributed by atoms with Crippen molar-refractivity contribution < 1.29 is 28.5 Å². The van der Waals surface area contributed by atoms with Crippen LogP contribution in [0, 0.1) is 0 Å². The van der Waals surface area contributed by atoms with E-state index in [4.69, 9.17) is 18.9 Å². The molecule has 0 aromatic heterocycles. The third-order valence-corrected chi connectivity index (χ3v) is 5.66. The minimum absolute atomic E-state index is 0.0988. The quantitative estimate of drug-likeness (QED) is 0.778. The van der Waals surface area contributed by atoms with Gasteiger partial charge in [0.05, 0.1) is 34.5 Å². The lowest BCUT2D eigenvalue weighted by Gasteiger charge is -2.29. The van der Waals surface area contributed by atoms with Crippen LogP contribution in [0.5, 0.6) is 17.2 Å². The number of hydrogen-bond donors (Lipinski definition) is 1. The SMILES string of the molecule is CO/C1=C/C=C2/Cc3c(cc(OC)c(OC)c3OC)CCC(NC(C)=O)/C2=C/CC1=O. The van der Waals surface area contributed by atoms with Crippen LogP contribution in [0.2, 0.25) is 0 Å². The van der Waals surface area contributed by atoms with Gasteiger partial charge in [-0.2, -0.15) is 0 Å². The number of allylic oxidation sites excluding steroid dienone is 4. The molecule has 1 unspecified atom stereocenters. The van der Waals surface area contributed by atoms with E-state index in [1.54, 1.807) is 27.4 Å². The lowest BCUT2D eigenvalue weighted by Crippen LogP contribution is -2.37. The van der Waals surface area contributed by atoms with E-state index >= 15 is 0 Å². The minimum atomic E-state index is -0.207. The summed E-state index contributed by atoms with van der Waals surface area (Å²) in [4.78, 5) is 24.3. The molecule has 1 atom stereocenters. The fourth-order valence-electron chi connectivity index (χ4n) is 4.23. The van der Waals surface area contributed by atoms with E-state index in [1.165, 1.54) is 14.0 Å². The fraction of sp³-hybridized carbons (Fsp3) is 0.417. The van der Waals surface area contributed by atoms with E-state index in [1.807, 2.05) is 18.2 Å². The van der Waals surface area contributed by atoms with Gasteiger partial charge in [-0.1, -0.05) is 12.2 Å². The van der Waals surface area contributed by atoms with Crippen LogP contribution < -0.4 is 19.5 Å². The van der Waals surface area contributed by atoms with E-state index in [-0.39, 0.29) is 24.2 Å². The second kappa shape index (κ2) is 9.73. The topological polar surface area (TPSA) is 83.1 Å². The molecule has 0 fully saturated rings. The first-order valence-electron chi connectivity index (χ1n) is 10.2. The number of ketones is 1. The molecule has 7 nitrogen and oxygen atoms in total. The number of carbonyl (C=O) groups excluding carboxylic acids is 2. The maximum absolute atomic E-state index is 12.4. The molecule has 166 valence electrons. The van der Waals surface area contributed by atoms with Crippen LogP contribution in [0.15, 0.2) is 41.2 Å². The molecule has 0 saturated heterocycles. The number of aryl methyl sites for hydroxylation is 1. The first kappa shape index (κ1) is 22.5. The summed E-state index contributed by atoms with van der Waals surface area (Å²) in [5.74, 6) is 1.87. The Morgan fingerprint density at radius 2 is 1.77 bits per heavy atom. The Bertz CT molecular complexity index is 973. The second-order valence-corrected chi connectivity index (χ2v) is 7.47. The summed E-state index contributed by atoms with van der Waals surface area (Å²) >= 11 is 0. The van der Waals surface area contributed by atoms with E-state index in [2.05, 4.69) is 5.32 Å². The van der Waals surface area contributed by atoms with Crippen molar-refractivity contribution in [2.24, 2.45) is 0 Å². The summed E-state index contributed by atoms with van der Waals surface area (Å²) in [6.07, 6.45) is 7.61. The van der Waals surface area contributed by atoms with Crippen molar-refractivity contribution in [2.45, 2.75) is 38.6 Å². The van der Waals surface area contributed by atoms with Gasteiger partial charge < -0.3 is 24.3 Å². The molecule has 2 aliphatic rings. The largest absolute Gasteiger partial charge is 0.493 e.